The molecule has 22 heavy (non-hydrogen) atoms. The summed E-state index contributed by atoms with van der Waals surface area (Å²) in [6.45, 7) is 3.83. The van der Waals surface area contributed by atoms with E-state index >= 15 is 0 Å². The van der Waals surface area contributed by atoms with Crippen LogP contribution in [0.3, 0.4) is 0 Å². The predicted molar refractivity (Wildman–Crippen MR) is 90.4 cm³/mol. The van der Waals surface area contributed by atoms with Crippen molar-refractivity contribution < 1.29 is 4.79 Å². The lowest BCUT2D eigenvalue weighted by Crippen LogP contribution is -2.31. The molecule has 1 atom stereocenters. The van der Waals surface area contributed by atoms with E-state index in [2.05, 4.69) is 22.1 Å². The second-order valence-electron chi connectivity index (χ2n) is 6.75. The molecular formula is C18H25N3O. The first kappa shape index (κ1) is 15.1. The molecule has 0 saturated carbocycles. The Morgan fingerprint density at radius 2 is 2.23 bits per heavy atom. The summed E-state index contributed by atoms with van der Waals surface area (Å²) in [4.78, 5) is 17.9. The number of aryl methyl sites for hydroxylation is 1. The Bertz CT molecular complexity index is 687. The molecule has 118 valence electrons. The van der Waals surface area contributed by atoms with E-state index in [1.54, 1.807) is 0 Å². The minimum absolute atomic E-state index is 0.0163. The van der Waals surface area contributed by atoms with Crippen LogP contribution in [0.4, 0.5) is 0 Å². The minimum Gasteiger partial charge on any atom is -0.358 e. The first-order valence-corrected chi connectivity index (χ1v) is 8.11. The molecule has 1 aliphatic carbocycles. The summed E-state index contributed by atoms with van der Waals surface area (Å²) in [7, 11) is 4.01. The number of amides is 1. The summed E-state index contributed by atoms with van der Waals surface area (Å²) in [6, 6.07) is 6.01. The maximum absolute atomic E-state index is 12.3. The Morgan fingerprint density at radius 3 is 3.00 bits per heavy atom. The Hall–Kier alpha value is -1.81. The van der Waals surface area contributed by atoms with Crippen LogP contribution in [0.5, 0.6) is 0 Å². The third-order valence-corrected chi connectivity index (χ3v) is 4.54. The van der Waals surface area contributed by atoms with Gasteiger partial charge in [0.2, 0.25) is 0 Å². The number of fused-ring (bicyclic) bond motifs is 3. The molecule has 2 aromatic rings. The highest BCUT2D eigenvalue weighted by Crippen LogP contribution is 2.32. The van der Waals surface area contributed by atoms with Gasteiger partial charge in [-0.15, -0.1) is 0 Å². The van der Waals surface area contributed by atoms with Gasteiger partial charge in [0.1, 0.15) is 0 Å². The molecule has 4 nitrogen and oxygen atoms in total. The number of carbonyl (C=O) groups excluding carboxylic acids is 1. The molecule has 1 aromatic carbocycles. The number of aromatic amines is 1. The Balaban J connectivity index is 1.83. The van der Waals surface area contributed by atoms with Gasteiger partial charge < -0.3 is 15.2 Å². The second-order valence-corrected chi connectivity index (χ2v) is 6.75. The first-order chi connectivity index (χ1) is 10.5. The number of hydrogen-bond acceptors (Lipinski definition) is 2. The zero-order chi connectivity index (χ0) is 15.7. The van der Waals surface area contributed by atoms with Gasteiger partial charge in [0.15, 0.2) is 0 Å². The molecule has 0 unspecified atom stereocenters. The van der Waals surface area contributed by atoms with Crippen LogP contribution in [0.2, 0.25) is 0 Å². The highest BCUT2D eigenvalue weighted by molar-refractivity contribution is 5.99. The van der Waals surface area contributed by atoms with Crippen LogP contribution >= 0.6 is 0 Å². The largest absolute Gasteiger partial charge is 0.358 e. The third-order valence-electron chi connectivity index (χ3n) is 4.54. The van der Waals surface area contributed by atoms with Crippen molar-refractivity contribution >= 4 is 16.8 Å². The summed E-state index contributed by atoms with van der Waals surface area (Å²) in [5, 5.41) is 4.21. The lowest BCUT2D eigenvalue weighted by molar-refractivity contribution is 0.0951. The van der Waals surface area contributed by atoms with E-state index in [1.807, 2.05) is 32.3 Å². The summed E-state index contributed by atoms with van der Waals surface area (Å²) in [5.74, 6) is 0.742. The molecule has 0 bridgehead atoms. The molecule has 0 fully saturated rings. The normalized spacial score (nSPS) is 17.7. The maximum Gasteiger partial charge on any atom is 0.251 e. The SMILES string of the molecule is C[C@@H]1CCc2[nH]c3ccc(C(=O)NCCN(C)C)cc3c2C1. The van der Waals surface area contributed by atoms with Crippen LogP contribution in [0.25, 0.3) is 10.9 Å². The van der Waals surface area contributed by atoms with Crippen molar-refractivity contribution in [1.29, 1.82) is 0 Å². The van der Waals surface area contributed by atoms with E-state index < -0.39 is 0 Å². The zero-order valence-electron chi connectivity index (χ0n) is 13.7. The van der Waals surface area contributed by atoms with Crippen molar-refractivity contribution in [3.05, 3.63) is 35.0 Å². The molecule has 2 N–H and O–H groups in total. The van der Waals surface area contributed by atoms with Crippen molar-refractivity contribution in [2.24, 2.45) is 5.92 Å². The molecular weight excluding hydrogens is 274 g/mol. The number of nitrogens with one attached hydrogen (secondary N) is 2. The molecule has 0 saturated heterocycles. The number of likely N-dealkylation sites (N-methyl/N-ethyl adjacent to an activating group) is 1. The monoisotopic (exact) mass is 299 g/mol. The van der Waals surface area contributed by atoms with Crippen LogP contribution in [0.1, 0.15) is 35.0 Å². The van der Waals surface area contributed by atoms with Crippen molar-refractivity contribution in [2.45, 2.75) is 26.2 Å². The standard InChI is InChI=1S/C18H25N3O/c1-12-4-6-16-14(10-12)15-11-13(5-7-17(15)20-16)18(22)19-8-9-21(2)3/h5,7,11-12,20H,4,6,8-10H2,1-3H3,(H,19,22)/t12-/m1/s1. The van der Waals surface area contributed by atoms with Gasteiger partial charge in [-0.1, -0.05) is 6.92 Å². The molecule has 0 aliphatic heterocycles. The predicted octanol–water partition coefficient (Wildman–Crippen LogP) is 2.58. The van der Waals surface area contributed by atoms with Crippen LogP contribution in [0.15, 0.2) is 18.2 Å². The molecule has 1 aromatic heterocycles. The molecule has 3 rings (SSSR count). The lowest BCUT2D eigenvalue weighted by Gasteiger charge is -2.18. The molecule has 1 amide bonds. The van der Waals surface area contributed by atoms with Gasteiger partial charge in [0.05, 0.1) is 0 Å². The fourth-order valence-electron chi connectivity index (χ4n) is 3.23. The summed E-state index contributed by atoms with van der Waals surface area (Å²) < 4.78 is 0. The summed E-state index contributed by atoms with van der Waals surface area (Å²) in [6.07, 6.45) is 3.48. The quantitative estimate of drug-likeness (QED) is 0.911. The van der Waals surface area contributed by atoms with Crippen LogP contribution in [0, 0.1) is 5.92 Å². The average molecular weight is 299 g/mol. The average Bonchev–Trinajstić information content (AvgIpc) is 2.84. The van der Waals surface area contributed by atoms with Gasteiger partial charge in [0.25, 0.3) is 5.91 Å². The van der Waals surface area contributed by atoms with Crippen molar-refractivity contribution in [3.63, 3.8) is 0 Å². The zero-order valence-corrected chi connectivity index (χ0v) is 13.7. The van der Waals surface area contributed by atoms with E-state index in [4.69, 9.17) is 0 Å². The van der Waals surface area contributed by atoms with E-state index in [0.717, 1.165) is 36.4 Å². The van der Waals surface area contributed by atoms with Gasteiger partial charge in [-0.2, -0.15) is 0 Å². The lowest BCUT2D eigenvalue weighted by atomic mass is 9.87. The van der Waals surface area contributed by atoms with Gasteiger partial charge in [-0.05, 0) is 63.0 Å². The number of nitrogens with zero attached hydrogens (tertiary/aromatic N) is 1. The number of aromatic nitrogens is 1. The maximum atomic E-state index is 12.3. The van der Waals surface area contributed by atoms with Crippen LogP contribution < -0.4 is 5.32 Å². The number of carbonyl (C=O) groups is 1. The Kier molecular flexibility index (Phi) is 4.21. The van der Waals surface area contributed by atoms with Crippen molar-refractivity contribution in [2.75, 3.05) is 27.2 Å². The highest BCUT2D eigenvalue weighted by atomic mass is 16.1. The van der Waals surface area contributed by atoms with Crippen molar-refractivity contribution in [3.8, 4) is 0 Å². The minimum atomic E-state index is 0.0163. The molecule has 0 spiro atoms. The van der Waals surface area contributed by atoms with Gasteiger partial charge in [-0.3, -0.25) is 4.79 Å². The first-order valence-electron chi connectivity index (χ1n) is 8.11. The number of benzene rings is 1. The van der Waals surface area contributed by atoms with Crippen molar-refractivity contribution in [1.82, 2.24) is 15.2 Å². The summed E-state index contributed by atoms with van der Waals surface area (Å²) in [5.41, 5.74) is 4.69. The number of hydrogen-bond donors (Lipinski definition) is 2. The Labute approximate surface area is 131 Å². The third kappa shape index (κ3) is 3.02. The topological polar surface area (TPSA) is 48.1 Å². The number of H-pyrrole nitrogens is 1. The molecule has 0 radical (unpaired) electrons. The second kappa shape index (κ2) is 6.13. The van der Waals surface area contributed by atoms with E-state index in [1.165, 1.54) is 23.1 Å². The summed E-state index contributed by atoms with van der Waals surface area (Å²) >= 11 is 0. The van der Waals surface area contributed by atoms with E-state index in [0.29, 0.717) is 6.54 Å². The number of rotatable bonds is 4. The van der Waals surface area contributed by atoms with Gasteiger partial charge in [-0.25, -0.2) is 0 Å². The van der Waals surface area contributed by atoms with Gasteiger partial charge >= 0.3 is 0 Å². The van der Waals surface area contributed by atoms with Crippen LogP contribution in [-0.4, -0.2) is 43.0 Å². The molecule has 1 aliphatic rings. The molecule has 4 heteroatoms. The van der Waals surface area contributed by atoms with Gasteiger partial charge in [0, 0.05) is 35.2 Å². The fourth-order valence-corrected chi connectivity index (χ4v) is 3.23. The molecule has 1 heterocycles. The fraction of sp³-hybridized carbons (Fsp3) is 0.500. The highest BCUT2D eigenvalue weighted by Gasteiger charge is 2.20. The van der Waals surface area contributed by atoms with E-state index in [-0.39, 0.29) is 5.91 Å². The van der Waals surface area contributed by atoms with E-state index in [9.17, 15) is 4.79 Å². The van der Waals surface area contributed by atoms with Crippen LogP contribution in [-0.2, 0) is 12.8 Å². The Morgan fingerprint density at radius 1 is 1.41 bits per heavy atom. The smallest absolute Gasteiger partial charge is 0.251 e.